The number of nitrogen functional groups attached to an aromatic ring is 2. The molecule has 2 aromatic carbocycles. The molecule has 12 rings (SSSR count). The topological polar surface area (TPSA) is 443 Å². The predicted molar refractivity (Wildman–Crippen MR) is 489 cm³/mol. The van der Waals surface area contributed by atoms with E-state index < -0.39 is 83.7 Å². The van der Waals surface area contributed by atoms with Gasteiger partial charge in [0, 0.05) is 147 Å². The number of aryl methyl sites for hydroxylation is 2. The van der Waals surface area contributed by atoms with Gasteiger partial charge in [-0.1, -0.05) is 94.5 Å². The molecular weight excluding hydrogens is 1680 g/mol. The fourth-order valence-electron chi connectivity index (χ4n) is 18.1. The fraction of sp³-hybridized carbons (Fsp3) is 0.594. The summed E-state index contributed by atoms with van der Waals surface area (Å²) >= 11 is 0. The summed E-state index contributed by atoms with van der Waals surface area (Å²) < 4.78 is 63.1. The number of nitrogens with one attached hydrogen (secondary N) is 1. The summed E-state index contributed by atoms with van der Waals surface area (Å²) in [6.45, 7) is 18.9. The number of aliphatic hydroxyl groups is 2. The Labute approximate surface area is 765 Å². The van der Waals surface area contributed by atoms with E-state index in [2.05, 4.69) is 41.5 Å². The maximum Gasteiger partial charge on any atom is 0.329 e. The third kappa shape index (κ3) is 26.9. The third-order valence-corrected chi connectivity index (χ3v) is 25.9. The van der Waals surface area contributed by atoms with Crippen LogP contribution in [0.1, 0.15) is 162 Å². The number of rotatable bonds is 32. The zero-order valence-electron chi connectivity index (χ0n) is 77.3. The minimum atomic E-state index is -2.48. The predicted octanol–water partition coefficient (Wildman–Crippen LogP) is 9.88. The number of amides is 3. The zero-order valence-corrected chi connectivity index (χ0v) is 77.3. The van der Waals surface area contributed by atoms with E-state index in [0.29, 0.717) is 207 Å². The first-order valence-electron chi connectivity index (χ1n) is 46.3. The number of Topliss-reactive ketones (excluding diaryl/α,β-unsaturated/α-hetero) is 3. The van der Waals surface area contributed by atoms with Gasteiger partial charge in [0.05, 0.1) is 88.3 Å². The Kier molecular flexibility index (Phi) is 36.7. The van der Waals surface area contributed by atoms with Crippen LogP contribution in [0.15, 0.2) is 119 Å². The Balaban J connectivity index is 0.549. The number of nitrogens with zero attached hydrogens (tertiary/aromatic N) is 13. The van der Waals surface area contributed by atoms with Crippen molar-refractivity contribution >= 4 is 81.0 Å². The van der Waals surface area contributed by atoms with Crippen molar-refractivity contribution in [2.45, 2.75) is 232 Å². The van der Waals surface area contributed by atoms with Crippen LogP contribution in [0.4, 0.5) is 17.8 Å². The molecule has 5 aromatic heterocycles. The lowest BCUT2D eigenvalue weighted by molar-refractivity contribution is -0.265. The van der Waals surface area contributed by atoms with E-state index >= 15 is 0 Å². The van der Waals surface area contributed by atoms with Crippen molar-refractivity contribution in [3.05, 3.63) is 126 Å². The number of carbonyl (C=O) groups is 7. The van der Waals surface area contributed by atoms with E-state index in [1.165, 1.54) is 18.3 Å². The molecule has 35 heteroatoms. The van der Waals surface area contributed by atoms with Crippen molar-refractivity contribution in [2.24, 2.45) is 35.5 Å². The molecule has 4 aliphatic heterocycles. The number of unbranched alkanes of at least 4 members (excludes halogenated alkanes) is 1. The van der Waals surface area contributed by atoms with Gasteiger partial charge in [0.15, 0.2) is 17.0 Å². The smallest absolute Gasteiger partial charge is 0.329 e. The number of esters is 1. The monoisotopic (exact) mass is 1810 g/mol. The number of aromatic nitrogens is 10. The van der Waals surface area contributed by atoms with Gasteiger partial charge in [0.2, 0.25) is 23.5 Å². The second-order valence-electron chi connectivity index (χ2n) is 35.6. The van der Waals surface area contributed by atoms with Crippen molar-refractivity contribution in [1.29, 1.82) is 0 Å². The zero-order chi connectivity index (χ0) is 93.3. The molecule has 1 unspecified atom stereocenters. The molecule has 0 spiro atoms. The third-order valence-electron chi connectivity index (χ3n) is 25.9. The van der Waals surface area contributed by atoms with Crippen LogP contribution in [0.5, 0.6) is 0 Å². The Morgan fingerprint density at radius 3 is 2.29 bits per heavy atom. The Morgan fingerprint density at radius 2 is 1.53 bits per heavy atom. The molecule has 3 saturated heterocycles. The second-order valence-corrected chi connectivity index (χ2v) is 35.6. The molecule has 1 aliphatic carbocycles. The van der Waals surface area contributed by atoms with Gasteiger partial charge >= 0.3 is 5.97 Å². The van der Waals surface area contributed by atoms with Crippen LogP contribution in [0, 0.1) is 35.5 Å². The number of piperidine rings is 1. The van der Waals surface area contributed by atoms with Crippen LogP contribution < -0.4 is 21.7 Å². The first-order valence-corrected chi connectivity index (χ1v) is 46.3. The number of cyclic esters (lactones) is 1. The number of benzene rings is 2. The molecule has 0 radical (unpaired) electrons. The van der Waals surface area contributed by atoms with Gasteiger partial charge in [-0.15, -0.1) is 5.10 Å². The lowest BCUT2D eigenvalue weighted by Gasteiger charge is -2.42. The molecule has 7 aromatic rings. The average Bonchev–Trinajstić information content (AvgIpc) is 1.69. The lowest BCUT2D eigenvalue weighted by Crippen LogP contribution is -2.61. The first-order chi connectivity index (χ1) is 63.2. The van der Waals surface area contributed by atoms with Crippen molar-refractivity contribution in [3.63, 3.8) is 0 Å². The number of nitrogens with two attached hydrogens (primary N) is 2. The SMILES string of the molecule is CO[C@H]1C[C@@H]2CC[C@@H](C)[C@@](O)(O2)C(=O)C(=O)N2CCCC[C@H]2C(=O)OC([C@H](C)C[C@@H]2CC[C@@H](OCc3cccc(-c4cnc(N5CCN(C(=O)CCc6cn(CCOCCOCCOCCC(=O)NCCCCn7nc(-c8ccc9oc(N)nc9c8)c8c(N)ncnc87)nn6)CC5)nc4)c3)[C@H](OC)C2)CC(=O)[C@H](C)/C=C(\C)[C@@H](O)[C@@H](OC)C(=O)[C@H](C)C[C@H](C)/C=C/C=C/C=C/1C. The average molecular weight is 1810 g/mol. The lowest BCUT2D eigenvalue weighted by atomic mass is 9.78. The number of piperazine rings is 1. The van der Waals surface area contributed by atoms with Gasteiger partial charge in [-0.2, -0.15) is 10.1 Å². The number of anilines is 3. The molecule has 1 saturated carbocycles. The van der Waals surface area contributed by atoms with Crippen molar-refractivity contribution in [2.75, 3.05) is 117 Å². The highest BCUT2D eigenvalue weighted by atomic mass is 16.6. The van der Waals surface area contributed by atoms with Crippen LogP contribution in [-0.4, -0.2) is 266 Å². The van der Waals surface area contributed by atoms with E-state index in [1.54, 1.807) is 56.5 Å². The highest BCUT2D eigenvalue weighted by molar-refractivity contribution is 6.39. The number of hydrogen-bond donors (Lipinski definition) is 5. The van der Waals surface area contributed by atoms with E-state index in [4.69, 9.17) is 73.6 Å². The summed E-state index contributed by atoms with van der Waals surface area (Å²) in [5.74, 6) is -7.54. The molecule has 7 N–H and O–H groups in total. The number of fused-ring (bicyclic) bond motifs is 5. The summed E-state index contributed by atoms with van der Waals surface area (Å²) in [7, 11) is 4.63. The Hall–Kier alpha value is -10.5. The highest BCUT2D eigenvalue weighted by Crippen LogP contribution is 2.40. The number of oxazole rings is 1. The van der Waals surface area contributed by atoms with E-state index in [1.807, 2.05) is 112 Å². The number of aliphatic hydroxyl groups excluding tert-OH is 1. The molecular formula is C96H132N16O19. The van der Waals surface area contributed by atoms with Gasteiger partial charge in [0.1, 0.15) is 53.5 Å². The van der Waals surface area contributed by atoms with Crippen LogP contribution in [0.3, 0.4) is 0 Å². The van der Waals surface area contributed by atoms with Crippen molar-refractivity contribution in [3.8, 4) is 22.4 Å². The van der Waals surface area contributed by atoms with E-state index in [9.17, 15) is 43.8 Å². The molecule has 35 nitrogen and oxygen atoms in total. The van der Waals surface area contributed by atoms with Crippen molar-refractivity contribution in [1.82, 2.24) is 64.8 Å². The largest absolute Gasteiger partial charge is 0.460 e. The van der Waals surface area contributed by atoms with Gasteiger partial charge in [-0.3, -0.25) is 28.8 Å². The van der Waals surface area contributed by atoms with Crippen LogP contribution in [-0.2, 0) is 102 Å². The summed E-state index contributed by atoms with van der Waals surface area (Å²) in [6.07, 6.45) is 20.6. The standard InChI is InChI=1S/C96H132N16O19/c1-60-19-12-11-13-20-61(2)79(122-8)53-73-28-24-66(7)96(121,131-73)89(118)92(119)111-34-16-14-23-75(111)93(120)129-80(54-76(113)62(3)48-65(6)87(117)88(124-10)86(116)64(5)47-60)63(4)49-67-25-29-78(81(51-67)123-9)128-58-68-21-18-22-69(50-68)71-55-100-95(101-56-71)109-38-36-108(37-39-109)83(115)31-27-72-57-110(107-105-72)40-42-126-44-46-127-45-43-125-41-32-82(114)99-33-15-17-35-112-91-84(90(97)102-59-103-91)85(106-112)70-26-30-77-74(52-70)104-94(98)130-77/h11-13,18-22,26,30,48,50,52,55-57,59-60,62-64,66-67,73,75,78-81,87-88,117,121H,14-17,23-25,27-29,31-47,49,51,53-54,58H2,1-10H3,(H2,98,104)(H,99,114)(H2,97,102,103)/b13-11+,19-12+,61-20+,65-48+/t60-,62-,63-,64-,66-,67+,73+,75+,78-,79+,80?,81-,87-,88+,96-/m1/s1. The molecule has 2 bridgehead atoms. The van der Waals surface area contributed by atoms with Gasteiger partial charge in [0.25, 0.3) is 17.7 Å². The molecule has 710 valence electrons. The number of ketones is 3. The molecule has 5 aliphatic rings. The summed E-state index contributed by atoms with van der Waals surface area (Å²) in [4.78, 5) is 126. The van der Waals surface area contributed by atoms with Crippen LogP contribution in [0.25, 0.3) is 44.5 Å². The van der Waals surface area contributed by atoms with E-state index in [-0.39, 0.29) is 85.9 Å². The van der Waals surface area contributed by atoms with Gasteiger partial charge in [-0.05, 0) is 155 Å². The van der Waals surface area contributed by atoms with Gasteiger partial charge in [-0.25, -0.2) is 34.1 Å². The number of methoxy groups -OCH3 is 3. The summed E-state index contributed by atoms with van der Waals surface area (Å²) in [5.41, 5.74) is 19.9. The molecule has 131 heavy (non-hydrogen) atoms. The Morgan fingerprint density at radius 1 is 0.756 bits per heavy atom. The number of ether oxygens (including phenoxy) is 9. The number of hydrogen-bond acceptors (Lipinski definition) is 30. The quantitative estimate of drug-likeness (QED) is 0.0113. The maximum absolute atomic E-state index is 14.9. The molecule has 9 heterocycles. The fourth-order valence-corrected chi connectivity index (χ4v) is 18.1. The maximum atomic E-state index is 14.9. The molecule has 4 fully saturated rings. The summed E-state index contributed by atoms with van der Waals surface area (Å²) in [5, 5.41) is 40.9. The number of carbonyl (C=O) groups excluding carboxylic acids is 7. The molecule has 15 atom stereocenters. The minimum absolute atomic E-state index is 0.0139. The summed E-state index contributed by atoms with van der Waals surface area (Å²) in [6, 6.07) is 12.4. The normalized spacial score (nSPS) is 26.7. The molecule has 3 amide bonds. The van der Waals surface area contributed by atoms with Crippen molar-refractivity contribution < 1.29 is 90.8 Å². The van der Waals surface area contributed by atoms with Crippen LogP contribution >= 0.6 is 0 Å². The second kappa shape index (κ2) is 48.3. The number of allylic oxidation sites excluding steroid dienone is 6. The Bertz CT molecular complexity index is 5100. The van der Waals surface area contributed by atoms with E-state index in [0.717, 1.165) is 47.1 Å². The first kappa shape index (κ1) is 99.5. The highest BCUT2D eigenvalue weighted by Gasteiger charge is 2.53. The van der Waals surface area contributed by atoms with Gasteiger partial charge < -0.3 is 88.7 Å². The minimum Gasteiger partial charge on any atom is -0.460 e. The van der Waals surface area contributed by atoms with Crippen LogP contribution in [0.2, 0.25) is 0 Å².